The topological polar surface area (TPSA) is 90.1 Å². The molecule has 1 aliphatic heterocycles. The molecule has 0 unspecified atom stereocenters. The second-order valence-electron chi connectivity index (χ2n) is 7.41. The molecule has 3 aromatic rings. The van der Waals surface area contributed by atoms with Crippen LogP contribution in [0.3, 0.4) is 0 Å². The molecule has 1 N–H and O–H groups in total. The first kappa shape index (κ1) is 21.5. The minimum atomic E-state index is -0.788. The van der Waals surface area contributed by atoms with Crippen LogP contribution in [0.2, 0.25) is 0 Å². The Bertz CT molecular complexity index is 1120. The van der Waals surface area contributed by atoms with E-state index in [2.05, 4.69) is 15.5 Å². The molecule has 164 valence electrons. The second kappa shape index (κ2) is 9.19. The van der Waals surface area contributed by atoms with E-state index in [1.54, 1.807) is 43.5 Å². The first-order valence-electron chi connectivity index (χ1n) is 9.95. The summed E-state index contributed by atoms with van der Waals surface area (Å²) in [6.07, 6.45) is 2.14. The summed E-state index contributed by atoms with van der Waals surface area (Å²) in [7, 11) is 1.67. The van der Waals surface area contributed by atoms with E-state index in [-0.39, 0.29) is 12.8 Å². The predicted molar refractivity (Wildman–Crippen MR) is 112 cm³/mol. The monoisotopic (exact) mass is 438 g/mol. The van der Waals surface area contributed by atoms with E-state index in [0.717, 1.165) is 0 Å². The third-order valence-corrected chi connectivity index (χ3v) is 5.06. The van der Waals surface area contributed by atoms with E-state index in [1.807, 2.05) is 0 Å². The van der Waals surface area contributed by atoms with E-state index < -0.39 is 29.8 Å². The van der Waals surface area contributed by atoms with Crippen LogP contribution < -0.4 is 0 Å². The second-order valence-corrected chi connectivity index (χ2v) is 7.41. The van der Waals surface area contributed by atoms with Gasteiger partial charge in [-0.15, -0.1) is 5.10 Å². The van der Waals surface area contributed by atoms with Gasteiger partial charge >= 0.3 is 5.97 Å². The minimum Gasteiger partial charge on any atom is -0.458 e. The first-order chi connectivity index (χ1) is 15.4. The van der Waals surface area contributed by atoms with Gasteiger partial charge in [-0.3, -0.25) is 4.79 Å². The molecule has 2 atom stereocenters. The van der Waals surface area contributed by atoms with Crippen molar-refractivity contribution in [2.45, 2.75) is 25.0 Å². The van der Waals surface area contributed by atoms with Crippen molar-refractivity contribution in [1.82, 2.24) is 20.2 Å². The van der Waals surface area contributed by atoms with Gasteiger partial charge in [0.1, 0.15) is 17.7 Å². The molecule has 4 rings (SSSR count). The number of rotatable bonds is 5. The van der Waals surface area contributed by atoms with Gasteiger partial charge in [-0.2, -0.15) is 0 Å². The lowest BCUT2D eigenvalue weighted by atomic mass is 9.91. The van der Waals surface area contributed by atoms with Crippen molar-refractivity contribution >= 4 is 17.1 Å². The third kappa shape index (κ3) is 4.78. The standard InChI is InChI=1S/C23H20F2N4O3/c1-29-23(26-27-28-29)20(11-10-19-12-18(30)13-21(31)32-19)22(14-2-6-16(24)7-3-14)15-4-8-17(25)9-5-15/h2-11,18-19,30H,12-13H2,1H3/b11-10+/t18-,19-/m0/s1. The summed E-state index contributed by atoms with van der Waals surface area (Å²) >= 11 is 0. The van der Waals surface area contributed by atoms with Gasteiger partial charge in [-0.25, -0.2) is 13.5 Å². The van der Waals surface area contributed by atoms with Gasteiger partial charge in [0.15, 0.2) is 5.82 Å². The Labute approximate surface area is 182 Å². The number of aliphatic hydroxyl groups is 1. The third-order valence-electron chi connectivity index (χ3n) is 5.06. The molecule has 7 nitrogen and oxygen atoms in total. The lowest BCUT2D eigenvalue weighted by Crippen LogP contribution is -2.31. The van der Waals surface area contributed by atoms with Crippen molar-refractivity contribution in [1.29, 1.82) is 0 Å². The lowest BCUT2D eigenvalue weighted by molar-refractivity contribution is -0.156. The molecule has 32 heavy (non-hydrogen) atoms. The maximum absolute atomic E-state index is 13.6. The van der Waals surface area contributed by atoms with Crippen LogP contribution in [-0.2, 0) is 16.6 Å². The van der Waals surface area contributed by atoms with E-state index in [1.165, 1.54) is 28.9 Å². The number of hydrogen-bond donors (Lipinski definition) is 1. The number of tetrazole rings is 1. The largest absolute Gasteiger partial charge is 0.458 e. The minimum absolute atomic E-state index is 0.0450. The summed E-state index contributed by atoms with van der Waals surface area (Å²) in [6.45, 7) is 0. The first-order valence-corrected chi connectivity index (χ1v) is 9.95. The summed E-state index contributed by atoms with van der Waals surface area (Å²) < 4.78 is 34.0. The zero-order valence-electron chi connectivity index (χ0n) is 17.2. The number of ether oxygens (including phenoxy) is 1. The Morgan fingerprint density at radius 3 is 2.19 bits per heavy atom. The zero-order valence-corrected chi connectivity index (χ0v) is 17.2. The molecule has 0 bridgehead atoms. The van der Waals surface area contributed by atoms with Crippen LogP contribution in [0.5, 0.6) is 0 Å². The highest BCUT2D eigenvalue weighted by molar-refractivity contribution is 6.00. The fraction of sp³-hybridized carbons (Fsp3) is 0.217. The number of aliphatic hydroxyl groups excluding tert-OH is 1. The molecule has 1 aromatic heterocycles. The number of carbonyl (C=O) groups excluding carboxylic acids is 1. The Kier molecular flexibility index (Phi) is 6.18. The number of cyclic esters (lactones) is 1. The molecule has 1 fully saturated rings. The van der Waals surface area contributed by atoms with Crippen LogP contribution in [0.1, 0.15) is 29.8 Å². The number of nitrogens with zero attached hydrogens (tertiary/aromatic N) is 4. The maximum atomic E-state index is 13.6. The summed E-state index contributed by atoms with van der Waals surface area (Å²) in [4.78, 5) is 11.7. The molecule has 2 heterocycles. The van der Waals surface area contributed by atoms with Crippen molar-refractivity contribution in [3.05, 3.63) is 89.3 Å². The van der Waals surface area contributed by atoms with E-state index >= 15 is 0 Å². The number of allylic oxidation sites excluding steroid dienone is 2. The van der Waals surface area contributed by atoms with Gasteiger partial charge in [0.2, 0.25) is 0 Å². The Morgan fingerprint density at radius 2 is 1.69 bits per heavy atom. The van der Waals surface area contributed by atoms with Gasteiger partial charge in [-0.05, 0) is 57.5 Å². The molecule has 9 heteroatoms. The van der Waals surface area contributed by atoms with Crippen molar-refractivity contribution in [3.8, 4) is 0 Å². The molecule has 1 aliphatic rings. The van der Waals surface area contributed by atoms with Gasteiger partial charge in [-0.1, -0.05) is 30.3 Å². The van der Waals surface area contributed by atoms with Crippen molar-refractivity contribution in [3.63, 3.8) is 0 Å². The summed E-state index contributed by atoms with van der Waals surface area (Å²) in [5, 5.41) is 21.6. The number of halogens is 2. The molecule has 2 aromatic carbocycles. The van der Waals surface area contributed by atoms with E-state index in [9.17, 15) is 18.7 Å². The SMILES string of the molecule is Cn1nnnc1C(/C=C/[C@H]1C[C@H](O)CC(=O)O1)=C(c1ccc(F)cc1)c1ccc(F)cc1. The molecule has 0 radical (unpaired) electrons. The Hall–Kier alpha value is -3.72. The maximum Gasteiger partial charge on any atom is 0.309 e. The highest BCUT2D eigenvalue weighted by atomic mass is 19.1. The predicted octanol–water partition coefficient (Wildman–Crippen LogP) is 3.07. The number of esters is 1. The fourth-order valence-electron chi connectivity index (χ4n) is 3.57. The smallest absolute Gasteiger partial charge is 0.309 e. The highest BCUT2D eigenvalue weighted by Gasteiger charge is 2.26. The molecule has 0 aliphatic carbocycles. The molecular formula is C23H20F2N4O3. The van der Waals surface area contributed by atoms with Gasteiger partial charge < -0.3 is 9.84 Å². The number of carbonyl (C=O) groups is 1. The van der Waals surface area contributed by atoms with Gasteiger partial charge in [0.25, 0.3) is 0 Å². The van der Waals surface area contributed by atoms with Crippen molar-refractivity contribution in [2.24, 2.45) is 7.05 Å². The normalized spacial score (nSPS) is 18.6. The number of hydrogen-bond acceptors (Lipinski definition) is 6. The van der Waals surface area contributed by atoms with Crippen LogP contribution >= 0.6 is 0 Å². The molecule has 0 spiro atoms. The van der Waals surface area contributed by atoms with E-state index in [0.29, 0.717) is 28.1 Å². The van der Waals surface area contributed by atoms with Crippen LogP contribution in [0.25, 0.3) is 11.1 Å². The Balaban J connectivity index is 1.90. The quantitative estimate of drug-likeness (QED) is 0.487. The average Bonchev–Trinajstić information content (AvgIpc) is 3.18. The zero-order chi connectivity index (χ0) is 22.7. The Morgan fingerprint density at radius 1 is 1.09 bits per heavy atom. The summed E-state index contributed by atoms with van der Waals surface area (Å²) in [6, 6.07) is 11.7. The van der Waals surface area contributed by atoms with Crippen LogP contribution in [0, 0.1) is 11.6 Å². The van der Waals surface area contributed by atoms with Gasteiger partial charge in [0.05, 0.1) is 12.5 Å². The average molecular weight is 438 g/mol. The lowest BCUT2D eigenvalue weighted by Gasteiger charge is -2.23. The summed E-state index contributed by atoms with van der Waals surface area (Å²) in [5.41, 5.74) is 2.48. The van der Waals surface area contributed by atoms with Crippen LogP contribution in [0.15, 0.2) is 60.7 Å². The van der Waals surface area contributed by atoms with E-state index in [4.69, 9.17) is 4.74 Å². The molecule has 0 saturated carbocycles. The number of aromatic nitrogens is 4. The fourth-order valence-corrected chi connectivity index (χ4v) is 3.57. The van der Waals surface area contributed by atoms with Gasteiger partial charge in [0, 0.05) is 19.0 Å². The van der Waals surface area contributed by atoms with Crippen molar-refractivity contribution < 1.29 is 23.4 Å². The van der Waals surface area contributed by atoms with Crippen LogP contribution in [-0.4, -0.2) is 43.5 Å². The molecular weight excluding hydrogens is 418 g/mol. The molecule has 1 saturated heterocycles. The van der Waals surface area contributed by atoms with Crippen LogP contribution in [0.4, 0.5) is 8.78 Å². The number of aryl methyl sites for hydroxylation is 1. The number of benzene rings is 2. The van der Waals surface area contributed by atoms with Crippen molar-refractivity contribution in [2.75, 3.05) is 0 Å². The summed E-state index contributed by atoms with van der Waals surface area (Å²) in [5.74, 6) is -0.880. The highest BCUT2D eigenvalue weighted by Crippen LogP contribution is 2.33. The molecule has 0 amide bonds.